The third-order valence-electron chi connectivity index (χ3n) is 3.41. The molecular weight excluding hydrogens is 293 g/mol. The maximum atomic E-state index is 12.1. The van der Waals surface area contributed by atoms with Gasteiger partial charge in [-0.1, -0.05) is 48.5 Å². The highest BCUT2D eigenvalue weighted by Crippen LogP contribution is 2.53. The number of anilines is 1. The van der Waals surface area contributed by atoms with Gasteiger partial charge in [-0.05, 0) is 18.1 Å². The van der Waals surface area contributed by atoms with Crippen molar-refractivity contribution in [2.75, 3.05) is 5.32 Å². The largest absolute Gasteiger partial charge is 0.325 e. The predicted octanol–water partition coefficient (Wildman–Crippen LogP) is 4.49. The standard InChI is InChI=1S/C16H13Cl2NO/c17-16(18)10-13(16)15(20)19-14-9-5-4-8-12(14)11-6-2-1-3-7-11/h1-9,13H,10H2,(H,19,20). The van der Waals surface area contributed by atoms with E-state index in [0.29, 0.717) is 6.42 Å². The highest BCUT2D eigenvalue weighted by atomic mass is 35.5. The minimum Gasteiger partial charge on any atom is -0.325 e. The number of carbonyl (C=O) groups is 1. The van der Waals surface area contributed by atoms with Gasteiger partial charge in [-0.2, -0.15) is 0 Å². The first-order valence-electron chi connectivity index (χ1n) is 6.41. The summed E-state index contributed by atoms with van der Waals surface area (Å²) < 4.78 is -0.897. The summed E-state index contributed by atoms with van der Waals surface area (Å²) in [4.78, 5) is 12.1. The topological polar surface area (TPSA) is 29.1 Å². The van der Waals surface area contributed by atoms with Gasteiger partial charge in [0.15, 0.2) is 0 Å². The Balaban J connectivity index is 1.86. The first-order valence-corrected chi connectivity index (χ1v) is 7.17. The lowest BCUT2D eigenvalue weighted by Gasteiger charge is -2.11. The van der Waals surface area contributed by atoms with Gasteiger partial charge in [0.05, 0.1) is 5.92 Å². The van der Waals surface area contributed by atoms with Gasteiger partial charge < -0.3 is 5.32 Å². The maximum absolute atomic E-state index is 12.1. The van der Waals surface area contributed by atoms with Crippen LogP contribution in [0.4, 0.5) is 5.69 Å². The fourth-order valence-corrected chi connectivity index (χ4v) is 2.69. The molecule has 0 aromatic heterocycles. The van der Waals surface area contributed by atoms with Crippen molar-refractivity contribution in [1.82, 2.24) is 0 Å². The fraction of sp³-hybridized carbons (Fsp3) is 0.188. The number of halogens is 2. The number of nitrogens with one attached hydrogen (secondary N) is 1. The SMILES string of the molecule is O=C(Nc1ccccc1-c1ccccc1)C1CC1(Cl)Cl. The molecular formula is C16H13Cl2NO. The first-order chi connectivity index (χ1) is 9.58. The van der Waals surface area contributed by atoms with Crippen molar-refractivity contribution < 1.29 is 4.79 Å². The summed E-state index contributed by atoms with van der Waals surface area (Å²) in [5.41, 5.74) is 2.82. The summed E-state index contributed by atoms with van der Waals surface area (Å²) >= 11 is 11.9. The molecule has 1 saturated carbocycles. The molecule has 1 unspecified atom stereocenters. The molecule has 0 saturated heterocycles. The molecule has 20 heavy (non-hydrogen) atoms. The van der Waals surface area contributed by atoms with Gasteiger partial charge in [0, 0.05) is 11.3 Å². The van der Waals surface area contributed by atoms with E-state index in [9.17, 15) is 4.79 Å². The van der Waals surface area contributed by atoms with Crippen LogP contribution in [0.1, 0.15) is 6.42 Å². The molecule has 0 radical (unpaired) electrons. The molecule has 2 aromatic carbocycles. The van der Waals surface area contributed by atoms with E-state index >= 15 is 0 Å². The van der Waals surface area contributed by atoms with E-state index in [-0.39, 0.29) is 11.8 Å². The Kier molecular flexibility index (Phi) is 3.45. The Morgan fingerprint density at radius 1 is 1.05 bits per heavy atom. The number of hydrogen-bond donors (Lipinski definition) is 1. The van der Waals surface area contributed by atoms with E-state index in [1.807, 2.05) is 54.6 Å². The normalized spacial score (nSPS) is 19.4. The van der Waals surface area contributed by atoms with E-state index in [2.05, 4.69) is 5.32 Å². The minimum atomic E-state index is -0.897. The Bertz CT molecular complexity index is 640. The Labute approximate surface area is 127 Å². The average Bonchev–Trinajstić information content (AvgIpc) is 3.10. The zero-order chi connectivity index (χ0) is 14.2. The second-order valence-corrected chi connectivity index (χ2v) is 6.46. The van der Waals surface area contributed by atoms with Gasteiger partial charge in [0.2, 0.25) is 5.91 Å². The second-order valence-electron chi connectivity index (χ2n) is 4.92. The number of rotatable bonds is 3. The summed E-state index contributed by atoms with van der Waals surface area (Å²) in [5.74, 6) is -0.451. The van der Waals surface area contributed by atoms with Crippen molar-refractivity contribution in [2.24, 2.45) is 5.92 Å². The number of carbonyl (C=O) groups excluding carboxylic acids is 1. The van der Waals surface area contributed by atoms with Crippen molar-refractivity contribution in [1.29, 1.82) is 0 Å². The Hall–Kier alpha value is -1.51. The van der Waals surface area contributed by atoms with Crippen LogP contribution in [0.15, 0.2) is 54.6 Å². The molecule has 0 aliphatic heterocycles. The monoisotopic (exact) mass is 305 g/mol. The lowest BCUT2D eigenvalue weighted by molar-refractivity contribution is -0.117. The third-order valence-corrected chi connectivity index (χ3v) is 4.25. The average molecular weight is 306 g/mol. The van der Waals surface area contributed by atoms with Crippen LogP contribution in [0.3, 0.4) is 0 Å². The summed E-state index contributed by atoms with van der Waals surface area (Å²) in [7, 11) is 0. The van der Waals surface area contributed by atoms with Crippen LogP contribution in [0, 0.1) is 5.92 Å². The van der Waals surface area contributed by atoms with E-state index < -0.39 is 4.33 Å². The predicted molar refractivity (Wildman–Crippen MR) is 83.1 cm³/mol. The lowest BCUT2D eigenvalue weighted by Crippen LogP contribution is -2.17. The van der Waals surface area contributed by atoms with Gasteiger partial charge in [-0.3, -0.25) is 4.79 Å². The summed E-state index contributed by atoms with van der Waals surface area (Å²) in [6.45, 7) is 0. The number of alkyl halides is 2. The van der Waals surface area contributed by atoms with E-state index in [4.69, 9.17) is 23.2 Å². The summed E-state index contributed by atoms with van der Waals surface area (Å²) in [5, 5.41) is 2.92. The molecule has 102 valence electrons. The van der Waals surface area contributed by atoms with Crippen molar-refractivity contribution >= 4 is 34.8 Å². The van der Waals surface area contributed by atoms with Gasteiger partial charge in [-0.15, -0.1) is 23.2 Å². The molecule has 2 nitrogen and oxygen atoms in total. The number of benzene rings is 2. The van der Waals surface area contributed by atoms with Crippen molar-refractivity contribution in [3.63, 3.8) is 0 Å². The number of amides is 1. The van der Waals surface area contributed by atoms with Crippen LogP contribution in [0.25, 0.3) is 11.1 Å². The van der Waals surface area contributed by atoms with Gasteiger partial charge in [0.1, 0.15) is 4.33 Å². The summed E-state index contributed by atoms with van der Waals surface area (Å²) in [6.07, 6.45) is 0.509. The van der Waals surface area contributed by atoms with Crippen LogP contribution in [0.5, 0.6) is 0 Å². The second kappa shape index (κ2) is 5.12. The van der Waals surface area contributed by atoms with E-state index in [0.717, 1.165) is 16.8 Å². The Morgan fingerprint density at radius 3 is 2.30 bits per heavy atom. The molecule has 4 heteroatoms. The smallest absolute Gasteiger partial charge is 0.230 e. The third kappa shape index (κ3) is 2.67. The lowest BCUT2D eigenvalue weighted by atomic mass is 10.0. The van der Waals surface area contributed by atoms with Crippen LogP contribution in [0.2, 0.25) is 0 Å². The van der Waals surface area contributed by atoms with Gasteiger partial charge in [-0.25, -0.2) is 0 Å². The quantitative estimate of drug-likeness (QED) is 0.832. The van der Waals surface area contributed by atoms with Crippen molar-refractivity contribution in [2.45, 2.75) is 10.8 Å². The minimum absolute atomic E-state index is 0.126. The molecule has 3 rings (SSSR count). The molecule has 1 atom stereocenters. The van der Waals surface area contributed by atoms with Gasteiger partial charge >= 0.3 is 0 Å². The van der Waals surface area contributed by atoms with E-state index in [1.165, 1.54) is 0 Å². The molecule has 1 aliphatic carbocycles. The number of hydrogen-bond acceptors (Lipinski definition) is 1. The highest BCUT2D eigenvalue weighted by molar-refractivity contribution is 6.52. The van der Waals surface area contributed by atoms with Crippen molar-refractivity contribution in [3.8, 4) is 11.1 Å². The molecule has 1 N–H and O–H groups in total. The zero-order valence-corrected chi connectivity index (χ0v) is 12.2. The molecule has 2 aromatic rings. The van der Waals surface area contributed by atoms with Crippen LogP contribution < -0.4 is 5.32 Å². The van der Waals surface area contributed by atoms with E-state index in [1.54, 1.807) is 0 Å². The van der Waals surface area contributed by atoms with Crippen LogP contribution >= 0.6 is 23.2 Å². The zero-order valence-electron chi connectivity index (χ0n) is 10.6. The molecule has 0 heterocycles. The van der Waals surface area contributed by atoms with Gasteiger partial charge in [0.25, 0.3) is 0 Å². The first kappa shape index (κ1) is 13.5. The molecule has 0 bridgehead atoms. The maximum Gasteiger partial charge on any atom is 0.230 e. The summed E-state index contributed by atoms with van der Waals surface area (Å²) in [6, 6.07) is 17.6. The number of para-hydroxylation sites is 1. The van der Waals surface area contributed by atoms with Crippen molar-refractivity contribution in [3.05, 3.63) is 54.6 Å². The Morgan fingerprint density at radius 2 is 1.65 bits per heavy atom. The molecule has 0 spiro atoms. The molecule has 1 fully saturated rings. The molecule has 1 aliphatic rings. The highest BCUT2D eigenvalue weighted by Gasteiger charge is 2.56. The fourth-order valence-electron chi connectivity index (χ4n) is 2.18. The van der Waals surface area contributed by atoms with Crippen LogP contribution in [-0.2, 0) is 4.79 Å². The molecule has 1 amide bonds. The van der Waals surface area contributed by atoms with Crippen LogP contribution in [-0.4, -0.2) is 10.2 Å².